The van der Waals surface area contributed by atoms with Crippen LogP contribution in [0.25, 0.3) is 0 Å². The smallest absolute Gasteiger partial charge is 0.211 e. The first kappa shape index (κ1) is 16.3. The maximum atomic E-state index is 13.2. The standard InChI is InChI=1S/C12H11F4NO2S2/c13-9-2-1-7-17(8-9)21(18,19)11-5-3-10(4-6-11)20-12(14,15)16/h2-6H,1,7-8H2. The largest absolute Gasteiger partial charge is 0.446 e. The Morgan fingerprint density at radius 1 is 1.14 bits per heavy atom. The Balaban J connectivity index is 2.19. The number of hydrogen-bond acceptors (Lipinski definition) is 3. The van der Waals surface area contributed by atoms with E-state index in [4.69, 9.17) is 0 Å². The van der Waals surface area contributed by atoms with Crippen LogP contribution in [-0.4, -0.2) is 31.3 Å². The van der Waals surface area contributed by atoms with Gasteiger partial charge in [-0.05, 0) is 42.4 Å². The Bertz CT molecular complexity index is 638. The average molecular weight is 341 g/mol. The third-order valence-corrected chi connectivity index (χ3v) is 5.37. The first-order valence-electron chi connectivity index (χ1n) is 5.89. The van der Waals surface area contributed by atoms with Crippen LogP contribution in [0.3, 0.4) is 0 Å². The second kappa shape index (κ2) is 5.98. The molecule has 0 saturated heterocycles. The van der Waals surface area contributed by atoms with Crippen molar-refractivity contribution >= 4 is 21.8 Å². The van der Waals surface area contributed by atoms with Gasteiger partial charge in [0.05, 0.1) is 11.4 Å². The zero-order chi connectivity index (χ0) is 15.7. The third kappa shape index (κ3) is 4.21. The van der Waals surface area contributed by atoms with Crippen molar-refractivity contribution in [3.63, 3.8) is 0 Å². The first-order valence-corrected chi connectivity index (χ1v) is 8.15. The first-order chi connectivity index (χ1) is 9.68. The summed E-state index contributed by atoms with van der Waals surface area (Å²) >= 11 is -0.321. The van der Waals surface area contributed by atoms with E-state index in [0.29, 0.717) is 0 Å². The van der Waals surface area contributed by atoms with E-state index in [-0.39, 0.29) is 41.1 Å². The lowest BCUT2D eigenvalue weighted by atomic mass is 10.3. The van der Waals surface area contributed by atoms with Crippen molar-refractivity contribution in [2.75, 3.05) is 13.1 Å². The molecule has 0 aliphatic carbocycles. The van der Waals surface area contributed by atoms with Crippen LogP contribution in [0.4, 0.5) is 17.6 Å². The number of sulfonamides is 1. The van der Waals surface area contributed by atoms with Gasteiger partial charge in [0.1, 0.15) is 5.83 Å². The molecule has 0 bridgehead atoms. The molecule has 0 unspecified atom stereocenters. The molecule has 0 radical (unpaired) electrons. The highest BCUT2D eigenvalue weighted by Gasteiger charge is 2.30. The van der Waals surface area contributed by atoms with Crippen LogP contribution in [0.1, 0.15) is 6.42 Å². The van der Waals surface area contributed by atoms with Gasteiger partial charge in [0, 0.05) is 11.4 Å². The van der Waals surface area contributed by atoms with Crippen molar-refractivity contribution in [2.24, 2.45) is 0 Å². The minimum absolute atomic E-state index is 0.105. The summed E-state index contributed by atoms with van der Waals surface area (Å²) in [4.78, 5) is -0.255. The summed E-state index contributed by atoms with van der Waals surface area (Å²) < 4.78 is 75.2. The number of benzene rings is 1. The summed E-state index contributed by atoms with van der Waals surface area (Å²) in [6, 6.07) is 4.36. The normalized spacial score (nSPS) is 17.6. The second-order valence-corrected chi connectivity index (χ2v) is 7.37. The summed E-state index contributed by atoms with van der Waals surface area (Å²) in [6.07, 6.45) is 1.59. The third-order valence-electron chi connectivity index (χ3n) is 2.77. The molecule has 0 fully saturated rings. The number of hydrogen-bond donors (Lipinski definition) is 0. The van der Waals surface area contributed by atoms with E-state index < -0.39 is 21.4 Å². The zero-order valence-corrected chi connectivity index (χ0v) is 12.2. The quantitative estimate of drug-likeness (QED) is 0.623. The van der Waals surface area contributed by atoms with Gasteiger partial charge >= 0.3 is 5.51 Å². The molecule has 0 aromatic heterocycles. The van der Waals surface area contributed by atoms with Gasteiger partial charge in [-0.1, -0.05) is 6.08 Å². The fourth-order valence-corrected chi connectivity index (χ4v) is 3.80. The van der Waals surface area contributed by atoms with Gasteiger partial charge in [0.25, 0.3) is 0 Å². The van der Waals surface area contributed by atoms with Crippen LogP contribution in [0.2, 0.25) is 0 Å². The maximum Gasteiger partial charge on any atom is 0.446 e. The topological polar surface area (TPSA) is 37.4 Å². The van der Waals surface area contributed by atoms with E-state index >= 15 is 0 Å². The number of rotatable bonds is 3. The number of alkyl halides is 3. The molecule has 0 amide bonds. The molecule has 1 aromatic carbocycles. The summed E-state index contributed by atoms with van der Waals surface area (Å²) in [5.41, 5.74) is -4.43. The molecule has 2 rings (SSSR count). The van der Waals surface area contributed by atoms with Gasteiger partial charge in [-0.2, -0.15) is 17.5 Å². The highest BCUT2D eigenvalue weighted by molar-refractivity contribution is 8.00. The molecule has 3 nitrogen and oxygen atoms in total. The minimum Gasteiger partial charge on any atom is -0.211 e. The lowest BCUT2D eigenvalue weighted by Crippen LogP contribution is -2.35. The molecule has 9 heteroatoms. The summed E-state index contributed by atoms with van der Waals surface area (Å²) in [6.45, 7) is -0.198. The number of halogens is 4. The summed E-state index contributed by atoms with van der Waals surface area (Å²) in [7, 11) is -3.89. The van der Waals surface area contributed by atoms with Crippen LogP contribution in [0.15, 0.2) is 46.0 Å². The number of thioether (sulfide) groups is 1. The Morgan fingerprint density at radius 2 is 1.76 bits per heavy atom. The van der Waals surface area contributed by atoms with E-state index in [1.807, 2.05) is 0 Å². The fourth-order valence-electron chi connectivity index (χ4n) is 1.84. The van der Waals surface area contributed by atoms with Crippen molar-refractivity contribution < 1.29 is 26.0 Å². The zero-order valence-electron chi connectivity index (χ0n) is 10.6. The fraction of sp³-hybridized carbons (Fsp3) is 0.333. The van der Waals surface area contributed by atoms with E-state index in [2.05, 4.69) is 0 Å². The molecule has 116 valence electrons. The van der Waals surface area contributed by atoms with E-state index in [1.165, 1.54) is 6.08 Å². The summed E-state index contributed by atoms with van der Waals surface area (Å²) in [5.74, 6) is -0.533. The average Bonchev–Trinajstić information content (AvgIpc) is 2.37. The Labute approximate surface area is 123 Å². The Hall–Kier alpha value is -1.06. The molecular formula is C12H11F4NO2S2. The molecule has 0 N–H and O–H groups in total. The molecule has 1 aromatic rings. The lowest BCUT2D eigenvalue weighted by Gasteiger charge is -2.23. The molecular weight excluding hydrogens is 330 g/mol. The monoisotopic (exact) mass is 341 g/mol. The van der Waals surface area contributed by atoms with Gasteiger partial charge in [0.2, 0.25) is 10.0 Å². The predicted molar refractivity (Wildman–Crippen MR) is 70.9 cm³/mol. The molecule has 0 spiro atoms. The van der Waals surface area contributed by atoms with Crippen molar-refractivity contribution in [1.82, 2.24) is 4.31 Å². The summed E-state index contributed by atoms with van der Waals surface area (Å²) in [5, 5.41) is 0. The van der Waals surface area contributed by atoms with Crippen LogP contribution < -0.4 is 0 Å². The van der Waals surface area contributed by atoms with Crippen LogP contribution >= 0.6 is 11.8 Å². The molecule has 0 saturated carbocycles. The Kier molecular flexibility index (Phi) is 4.64. The van der Waals surface area contributed by atoms with Gasteiger partial charge in [0.15, 0.2) is 0 Å². The number of nitrogens with zero attached hydrogens (tertiary/aromatic N) is 1. The van der Waals surface area contributed by atoms with Crippen molar-refractivity contribution in [1.29, 1.82) is 0 Å². The SMILES string of the molecule is O=S(=O)(c1ccc(SC(F)(F)F)cc1)N1CCC=C(F)C1. The van der Waals surface area contributed by atoms with E-state index in [1.54, 1.807) is 0 Å². The van der Waals surface area contributed by atoms with Crippen LogP contribution in [0, 0.1) is 0 Å². The highest BCUT2D eigenvalue weighted by Crippen LogP contribution is 2.37. The van der Waals surface area contributed by atoms with Crippen molar-refractivity contribution in [3.8, 4) is 0 Å². The van der Waals surface area contributed by atoms with Crippen LogP contribution in [0.5, 0.6) is 0 Å². The van der Waals surface area contributed by atoms with E-state index in [9.17, 15) is 26.0 Å². The van der Waals surface area contributed by atoms with Gasteiger partial charge in [-0.15, -0.1) is 0 Å². The predicted octanol–water partition coefficient (Wildman–Crippen LogP) is 3.55. The van der Waals surface area contributed by atoms with Crippen LogP contribution in [-0.2, 0) is 10.0 Å². The molecule has 0 atom stereocenters. The Morgan fingerprint density at radius 3 is 2.29 bits per heavy atom. The van der Waals surface area contributed by atoms with Gasteiger partial charge in [-0.3, -0.25) is 0 Å². The minimum atomic E-state index is -4.43. The lowest BCUT2D eigenvalue weighted by molar-refractivity contribution is -0.0328. The van der Waals surface area contributed by atoms with Gasteiger partial charge in [-0.25, -0.2) is 12.8 Å². The highest BCUT2D eigenvalue weighted by atomic mass is 32.2. The maximum absolute atomic E-state index is 13.2. The van der Waals surface area contributed by atoms with Gasteiger partial charge < -0.3 is 0 Å². The molecule has 1 aliphatic heterocycles. The molecule has 1 aliphatic rings. The second-order valence-electron chi connectivity index (χ2n) is 4.30. The van der Waals surface area contributed by atoms with E-state index in [0.717, 1.165) is 28.6 Å². The molecule has 21 heavy (non-hydrogen) atoms. The molecule has 1 heterocycles. The van der Waals surface area contributed by atoms with Crippen molar-refractivity contribution in [2.45, 2.75) is 21.7 Å². The van der Waals surface area contributed by atoms with Crippen molar-refractivity contribution in [3.05, 3.63) is 36.2 Å².